The number of rotatable bonds is 3. The number of allylic oxidation sites excluding steroid dienone is 1. The number of imidazole rings is 1. The first-order valence-electron chi connectivity index (χ1n) is 10.6. The lowest BCUT2D eigenvalue weighted by Gasteiger charge is -2.32. The molecule has 1 unspecified atom stereocenters. The van der Waals surface area contributed by atoms with E-state index in [2.05, 4.69) is 79.9 Å². The van der Waals surface area contributed by atoms with Gasteiger partial charge in [-0.1, -0.05) is 51.1 Å². The summed E-state index contributed by atoms with van der Waals surface area (Å²) in [4.78, 5) is 7.40. The molecule has 1 saturated heterocycles. The van der Waals surface area contributed by atoms with Gasteiger partial charge in [-0.05, 0) is 48.9 Å². The van der Waals surface area contributed by atoms with E-state index in [4.69, 9.17) is 9.72 Å². The minimum atomic E-state index is -0.0797. The van der Waals surface area contributed by atoms with E-state index in [0.29, 0.717) is 6.10 Å². The SMILES string of the molecule is CN1CCC(OC2c3ccccc3CCn3cc(/C=C/C(C)(C)C)nc32)CC1. The summed E-state index contributed by atoms with van der Waals surface area (Å²) in [5.74, 6) is 1.05. The average Bonchev–Trinajstić information content (AvgIpc) is 3.01. The molecule has 2 aliphatic rings. The summed E-state index contributed by atoms with van der Waals surface area (Å²) in [5, 5.41) is 0. The van der Waals surface area contributed by atoms with Gasteiger partial charge in [0.05, 0.1) is 11.8 Å². The molecule has 0 aliphatic carbocycles. The van der Waals surface area contributed by atoms with Crippen molar-refractivity contribution in [2.24, 2.45) is 5.41 Å². The van der Waals surface area contributed by atoms with Gasteiger partial charge in [0, 0.05) is 25.8 Å². The molecular weight excluding hydrogens is 346 g/mol. The number of ether oxygens (including phenoxy) is 1. The first-order chi connectivity index (χ1) is 13.4. The molecule has 1 aromatic carbocycles. The molecule has 3 heterocycles. The molecule has 2 aromatic rings. The maximum Gasteiger partial charge on any atom is 0.143 e. The number of benzene rings is 1. The van der Waals surface area contributed by atoms with Crippen LogP contribution in [0.25, 0.3) is 6.08 Å². The normalized spacial score (nSPS) is 21.5. The Morgan fingerprint density at radius 3 is 2.61 bits per heavy atom. The Morgan fingerprint density at radius 2 is 1.86 bits per heavy atom. The minimum Gasteiger partial charge on any atom is -0.362 e. The Kier molecular flexibility index (Phi) is 5.44. The fourth-order valence-corrected chi connectivity index (χ4v) is 4.10. The zero-order valence-corrected chi connectivity index (χ0v) is 17.7. The number of hydrogen-bond acceptors (Lipinski definition) is 3. The Morgan fingerprint density at radius 1 is 1.11 bits per heavy atom. The Hall–Kier alpha value is -1.91. The van der Waals surface area contributed by atoms with Gasteiger partial charge in [-0.2, -0.15) is 0 Å². The fourth-order valence-electron chi connectivity index (χ4n) is 4.10. The van der Waals surface area contributed by atoms with Crippen molar-refractivity contribution in [3.63, 3.8) is 0 Å². The zero-order valence-electron chi connectivity index (χ0n) is 17.7. The predicted octanol–water partition coefficient (Wildman–Crippen LogP) is 4.70. The largest absolute Gasteiger partial charge is 0.362 e. The van der Waals surface area contributed by atoms with Crippen molar-refractivity contribution in [3.8, 4) is 0 Å². The average molecular weight is 380 g/mol. The molecule has 0 spiro atoms. The van der Waals surface area contributed by atoms with Crippen LogP contribution in [-0.2, 0) is 17.7 Å². The molecule has 0 bridgehead atoms. The van der Waals surface area contributed by atoms with Gasteiger partial charge in [-0.15, -0.1) is 0 Å². The highest BCUT2D eigenvalue weighted by molar-refractivity contribution is 5.46. The summed E-state index contributed by atoms with van der Waals surface area (Å²) in [6.07, 6.45) is 9.99. The highest BCUT2D eigenvalue weighted by atomic mass is 16.5. The summed E-state index contributed by atoms with van der Waals surface area (Å²) in [5.41, 5.74) is 3.86. The molecule has 0 N–H and O–H groups in total. The summed E-state index contributed by atoms with van der Waals surface area (Å²) >= 11 is 0. The molecule has 28 heavy (non-hydrogen) atoms. The Balaban J connectivity index is 1.67. The van der Waals surface area contributed by atoms with Gasteiger partial charge in [0.1, 0.15) is 11.9 Å². The van der Waals surface area contributed by atoms with E-state index in [1.165, 1.54) is 11.1 Å². The van der Waals surface area contributed by atoms with Crippen molar-refractivity contribution in [2.45, 2.75) is 58.8 Å². The van der Waals surface area contributed by atoms with Crippen LogP contribution in [0.15, 0.2) is 36.5 Å². The van der Waals surface area contributed by atoms with E-state index in [1.807, 2.05) is 0 Å². The maximum absolute atomic E-state index is 6.74. The molecule has 0 amide bonds. The van der Waals surface area contributed by atoms with E-state index >= 15 is 0 Å². The van der Waals surface area contributed by atoms with Gasteiger partial charge in [-0.25, -0.2) is 4.98 Å². The van der Waals surface area contributed by atoms with Crippen LogP contribution >= 0.6 is 0 Å². The molecule has 0 radical (unpaired) electrons. The van der Waals surface area contributed by atoms with E-state index in [9.17, 15) is 0 Å². The van der Waals surface area contributed by atoms with Gasteiger partial charge in [0.25, 0.3) is 0 Å². The van der Waals surface area contributed by atoms with Gasteiger partial charge >= 0.3 is 0 Å². The third-order valence-electron chi connectivity index (χ3n) is 5.77. The number of nitrogens with zero attached hydrogens (tertiary/aromatic N) is 3. The zero-order chi connectivity index (χ0) is 19.7. The van der Waals surface area contributed by atoms with Crippen LogP contribution < -0.4 is 0 Å². The third kappa shape index (κ3) is 4.39. The molecule has 0 saturated carbocycles. The van der Waals surface area contributed by atoms with Crippen LogP contribution in [0.4, 0.5) is 0 Å². The van der Waals surface area contributed by atoms with E-state index < -0.39 is 0 Å². The first kappa shape index (κ1) is 19.4. The lowest BCUT2D eigenvalue weighted by Crippen LogP contribution is -2.35. The number of fused-ring (bicyclic) bond motifs is 2. The number of aromatic nitrogens is 2. The van der Waals surface area contributed by atoms with Crippen molar-refractivity contribution < 1.29 is 4.74 Å². The molecule has 150 valence electrons. The molecular formula is C24H33N3O. The summed E-state index contributed by atoms with van der Waals surface area (Å²) in [6.45, 7) is 9.81. The molecule has 4 rings (SSSR count). The van der Waals surface area contributed by atoms with Gasteiger partial charge in [0.15, 0.2) is 0 Å². The molecule has 1 atom stereocenters. The van der Waals surface area contributed by atoms with Crippen LogP contribution in [0.1, 0.15) is 62.4 Å². The van der Waals surface area contributed by atoms with Crippen LogP contribution in [0.5, 0.6) is 0 Å². The minimum absolute atomic E-state index is 0.0797. The molecule has 1 fully saturated rings. The number of hydrogen-bond donors (Lipinski definition) is 0. The smallest absolute Gasteiger partial charge is 0.143 e. The van der Waals surface area contributed by atoms with Crippen molar-refractivity contribution in [1.29, 1.82) is 0 Å². The van der Waals surface area contributed by atoms with Crippen LogP contribution in [0.3, 0.4) is 0 Å². The summed E-state index contributed by atoms with van der Waals surface area (Å²) in [6, 6.07) is 8.73. The third-order valence-corrected chi connectivity index (χ3v) is 5.77. The van der Waals surface area contributed by atoms with Crippen molar-refractivity contribution >= 4 is 6.08 Å². The second-order valence-electron chi connectivity index (χ2n) is 9.38. The Labute approximate surface area is 169 Å². The second-order valence-corrected chi connectivity index (χ2v) is 9.38. The van der Waals surface area contributed by atoms with Gasteiger partial charge in [-0.3, -0.25) is 0 Å². The Bertz CT molecular complexity index is 838. The quantitative estimate of drug-likeness (QED) is 0.774. The highest BCUT2D eigenvalue weighted by Crippen LogP contribution is 2.34. The molecule has 4 heteroatoms. The van der Waals surface area contributed by atoms with E-state index in [0.717, 1.165) is 50.4 Å². The van der Waals surface area contributed by atoms with Crippen molar-refractivity contribution in [1.82, 2.24) is 14.5 Å². The summed E-state index contributed by atoms with van der Waals surface area (Å²) < 4.78 is 9.05. The lowest BCUT2D eigenvalue weighted by atomic mass is 9.96. The number of aryl methyl sites for hydroxylation is 2. The second kappa shape index (κ2) is 7.84. The number of piperidine rings is 1. The van der Waals surface area contributed by atoms with Crippen molar-refractivity contribution in [3.05, 3.63) is 59.2 Å². The molecule has 2 aliphatic heterocycles. The topological polar surface area (TPSA) is 30.3 Å². The first-order valence-corrected chi connectivity index (χ1v) is 10.6. The maximum atomic E-state index is 6.74. The van der Waals surface area contributed by atoms with Gasteiger partial charge < -0.3 is 14.2 Å². The van der Waals surface area contributed by atoms with Crippen LogP contribution in [0, 0.1) is 5.41 Å². The van der Waals surface area contributed by atoms with Crippen LogP contribution in [0.2, 0.25) is 0 Å². The van der Waals surface area contributed by atoms with E-state index in [-0.39, 0.29) is 11.5 Å². The van der Waals surface area contributed by atoms with Crippen molar-refractivity contribution in [2.75, 3.05) is 20.1 Å². The fraction of sp³-hybridized carbons (Fsp3) is 0.542. The van der Waals surface area contributed by atoms with Gasteiger partial charge in [0.2, 0.25) is 0 Å². The monoisotopic (exact) mass is 379 g/mol. The highest BCUT2D eigenvalue weighted by Gasteiger charge is 2.30. The molecule has 1 aromatic heterocycles. The molecule has 4 nitrogen and oxygen atoms in total. The lowest BCUT2D eigenvalue weighted by molar-refractivity contribution is -0.0275. The number of likely N-dealkylation sites (tertiary alicyclic amines) is 1. The summed E-state index contributed by atoms with van der Waals surface area (Å²) in [7, 11) is 2.19. The predicted molar refractivity (Wildman–Crippen MR) is 114 cm³/mol. The standard InChI is InChI=1S/C24H33N3O/c1-24(2,3)13-9-19-17-27-16-10-18-7-5-6-8-21(18)22(23(27)25-19)28-20-11-14-26(4)15-12-20/h5-9,13,17,20,22H,10-12,14-16H2,1-4H3/b13-9+. The van der Waals surface area contributed by atoms with E-state index in [1.54, 1.807) is 0 Å². The van der Waals surface area contributed by atoms with Crippen LogP contribution in [-0.4, -0.2) is 40.7 Å².